The summed E-state index contributed by atoms with van der Waals surface area (Å²) in [5.41, 5.74) is -0.527. The van der Waals surface area contributed by atoms with Gasteiger partial charge in [-0.25, -0.2) is 23.4 Å². The molecule has 2 aliphatic heterocycles. The number of carbonyl (C=O) groups is 1. The number of aryl methyl sites for hydroxylation is 1. The number of nitrogens with zero attached hydrogens (tertiary/aromatic N) is 7. The summed E-state index contributed by atoms with van der Waals surface area (Å²) in [6, 6.07) is 1.73. The molecule has 5 rings (SSSR count). The number of nitrogens with one attached hydrogen (secondary N) is 1. The first kappa shape index (κ1) is 29.5. The third kappa shape index (κ3) is 6.60. The lowest BCUT2D eigenvalue weighted by Gasteiger charge is -2.34. The number of hydrogen-bond acceptors (Lipinski definition) is 10. The number of sulfonamides is 1. The minimum atomic E-state index is -3.97. The van der Waals surface area contributed by atoms with Gasteiger partial charge in [0.15, 0.2) is 0 Å². The van der Waals surface area contributed by atoms with Gasteiger partial charge < -0.3 is 15.1 Å². The van der Waals surface area contributed by atoms with Gasteiger partial charge in [-0.15, -0.1) is 11.3 Å². The van der Waals surface area contributed by atoms with Gasteiger partial charge in [-0.1, -0.05) is 13.8 Å². The van der Waals surface area contributed by atoms with Gasteiger partial charge >= 0.3 is 0 Å². The zero-order valence-corrected chi connectivity index (χ0v) is 25.5. The van der Waals surface area contributed by atoms with Crippen molar-refractivity contribution in [2.45, 2.75) is 45.1 Å². The molecule has 1 N–H and O–H groups in total. The highest BCUT2D eigenvalue weighted by molar-refractivity contribution is 7.89. The minimum absolute atomic E-state index is 0.0147. The summed E-state index contributed by atoms with van der Waals surface area (Å²) in [6.07, 6.45) is 6.72. The monoisotopic (exact) mass is 602 g/mol. The molecule has 0 bridgehead atoms. The summed E-state index contributed by atoms with van der Waals surface area (Å²) in [7, 11) is -3.97. The summed E-state index contributed by atoms with van der Waals surface area (Å²) >= 11 is 1.17. The lowest BCUT2D eigenvalue weighted by molar-refractivity contribution is -0.121. The van der Waals surface area contributed by atoms with Crippen molar-refractivity contribution in [1.82, 2.24) is 34.0 Å². The molecule has 1 amide bonds. The fourth-order valence-electron chi connectivity index (χ4n) is 5.96. The van der Waals surface area contributed by atoms with Crippen LogP contribution in [0.3, 0.4) is 0 Å². The summed E-state index contributed by atoms with van der Waals surface area (Å²) in [4.78, 5) is 44.3. The Balaban J connectivity index is 1.24. The van der Waals surface area contributed by atoms with E-state index in [-0.39, 0.29) is 35.8 Å². The van der Waals surface area contributed by atoms with E-state index in [0.29, 0.717) is 47.1 Å². The zero-order chi connectivity index (χ0) is 29.1. The molecule has 5 heterocycles. The van der Waals surface area contributed by atoms with Crippen LogP contribution in [0.25, 0.3) is 10.2 Å². The van der Waals surface area contributed by atoms with Gasteiger partial charge in [-0.3, -0.25) is 14.2 Å². The Labute approximate surface area is 244 Å². The van der Waals surface area contributed by atoms with Gasteiger partial charge in [0.1, 0.15) is 16.3 Å². The molecule has 41 heavy (non-hydrogen) atoms. The summed E-state index contributed by atoms with van der Waals surface area (Å²) in [5, 5.41) is 2.94. The van der Waals surface area contributed by atoms with Gasteiger partial charge in [-0.05, 0) is 44.2 Å². The van der Waals surface area contributed by atoms with E-state index in [1.54, 1.807) is 25.4 Å². The average molecular weight is 603 g/mol. The Morgan fingerprint density at radius 1 is 1.07 bits per heavy atom. The number of likely N-dealkylation sites (tertiary alicyclic amines) is 1. The van der Waals surface area contributed by atoms with Crippen LogP contribution in [0.15, 0.2) is 34.5 Å². The minimum Gasteiger partial charge on any atom is -0.354 e. The summed E-state index contributed by atoms with van der Waals surface area (Å²) in [6.45, 7) is 11.0. The van der Waals surface area contributed by atoms with Gasteiger partial charge in [0.25, 0.3) is 5.56 Å². The van der Waals surface area contributed by atoms with E-state index < -0.39 is 15.6 Å². The maximum absolute atomic E-state index is 13.8. The molecule has 0 aliphatic carbocycles. The van der Waals surface area contributed by atoms with E-state index in [1.807, 2.05) is 4.90 Å². The molecule has 14 heteroatoms. The second-order valence-corrected chi connectivity index (χ2v) is 14.3. The Morgan fingerprint density at radius 3 is 2.44 bits per heavy atom. The zero-order valence-electron chi connectivity index (χ0n) is 23.8. The number of carbonyl (C=O) groups excluding carboxylic acids is 1. The van der Waals surface area contributed by atoms with E-state index in [1.165, 1.54) is 33.0 Å². The predicted octanol–water partition coefficient (Wildman–Crippen LogP) is 1.55. The van der Waals surface area contributed by atoms with Crippen molar-refractivity contribution < 1.29 is 13.2 Å². The van der Waals surface area contributed by atoms with Crippen molar-refractivity contribution in [1.29, 1.82) is 0 Å². The maximum atomic E-state index is 13.8. The van der Waals surface area contributed by atoms with Crippen molar-refractivity contribution in [3.8, 4) is 0 Å². The van der Waals surface area contributed by atoms with Crippen molar-refractivity contribution in [2.24, 2.45) is 11.8 Å². The van der Waals surface area contributed by atoms with Crippen molar-refractivity contribution >= 4 is 43.4 Å². The molecule has 3 aromatic rings. The third-order valence-corrected chi connectivity index (χ3v) is 10.9. The number of piperazine rings is 1. The third-order valence-electron chi connectivity index (χ3n) is 7.70. The summed E-state index contributed by atoms with van der Waals surface area (Å²) in [5.74, 6) is 1.63. The first-order chi connectivity index (χ1) is 19.6. The van der Waals surface area contributed by atoms with Crippen LogP contribution in [0, 0.1) is 18.8 Å². The molecule has 12 nitrogen and oxygen atoms in total. The van der Waals surface area contributed by atoms with Gasteiger partial charge in [0.2, 0.25) is 21.9 Å². The highest BCUT2D eigenvalue weighted by atomic mass is 32.2. The Morgan fingerprint density at radius 2 is 1.76 bits per heavy atom. The number of fused-ring (bicyclic) bond motifs is 1. The number of anilines is 1. The number of aromatic nitrogens is 4. The van der Waals surface area contributed by atoms with Crippen LogP contribution in [-0.2, 0) is 21.4 Å². The van der Waals surface area contributed by atoms with Crippen molar-refractivity contribution in [3.05, 3.63) is 40.0 Å². The van der Waals surface area contributed by atoms with E-state index in [4.69, 9.17) is 0 Å². The smallest absolute Gasteiger partial charge is 0.263 e. The van der Waals surface area contributed by atoms with Crippen LogP contribution in [0.4, 0.5) is 5.95 Å². The normalized spacial score (nSPS) is 20.9. The van der Waals surface area contributed by atoms with E-state index >= 15 is 0 Å². The lowest BCUT2D eigenvalue weighted by Crippen LogP contribution is -2.49. The summed E-state index contributed by atoms with van der Waals surface area (Å²) < 4.78 is 30.2. The van der Waals surface area contributed by atoms with Gasteiger partial charge in [-0.2, -0.15) is 4.31 Å². The van der Waals surface area contributed by atoms with Gasteiger partial charge in [0.05, 0.1) is 11.7 Å². The van der Waals surface area contributed by atoms with E-state index in [2.05, 4.69) is 39.0 Å². The fraction of sp³-hybridized carbons (Fsp3) is 0.593. The number of piperidine rings is 1. The van der Waals surface area contributed by atoms with Crippen LogP contribution >= 0.6 is 11.3 Å². The van der Waals surface area contributed by atoms with Crippen LogP contribution in [0.2, 0.25) is 0 Å². The molecule has 2 atom stereocenters. The Kier molecular flexibility index (Phi) is 9.02. The quantitative estimate of drug-likeness (QED) is 0.362. The second-order valence-electron chi connectivity index (χ2n) is 11.2. The number of rotatable bonds is 9. The van der Waals surface area contributed by atoms with Gasteiger partial charge in [0, 0.05) is 63.1 Å². The highest BCUT2D eigenvalue weighted by Crippen LogP contribution is 2.33. The SMILES string of the molecule is Cc1sc2ncn(CC(=O)NCCCN3CC(C)CC(C)C3)c(=O)c2c1S(=O)(=O)N1CCN(c2ncccn2)CC1. The Bertz CT molecular complexity index is 1520. The predicted molar refractivity (Wildman–Crippen MR) is 159 cm³/mol. The number of thiophene rings is 1. The van der Waals surface area contributed by atoms with Crippen LogP contribution in [0.1, 0.15) is 31.6 Å². The number of hydrogen-bond donors (Lipinski definition) is 1. The molecule has 0 spiro atoms. The lowest BCUT2D eigenvalue weighted by atomic mass is 9.92. The topological polar surface area (TPSA) is 134 Å². The molecule has 2 aliphatic rings. The molecule has 2 fully saturated rings. The molecule has 0 aromatic carbocycles. The fourth-order valence-corrected chi connectivity index (χ4v) is 9.05. The molecule has 2 unspecified atom stereocenters. The first-order valence-corrected chi connectivity index (χ1v) is 16.4. The Hall–Kier alpha value is -2.94. The second kappa shape index (κ2) is 12.5. The van der Waals surface area contributed by atoms with Crippen molar-refractivity contribution in [2.75, 3.05) is 57.3 Å². The molecule has 0 radical (unpaired) electrons. The van der Waals surface area contributed by atoms with Crippen molar-refractivity contribution in [3.63, 3.8) is 0 Å². The van der Waals surface area contributed by atoms with E-state index in [9.17, 15) is 18.0 Å². The molecular weight excluding hydrogens is 564 g/mol. The molecule has 3 aromatic heterocycles. The molecule has 222 valence electrons. The van der Waals surface area contributed by atoms with E-state index in [0.717, 1.165) is 26.1 Å². The van der Waals surface area contributed by atoms with Crippen LogP contribution in [0.5, 0.6) is 0 Å². The maximum Gasteiger partial charge on any atom is 0.263 e. The number of amides is 1. The molecule has 2 saturated heterocycles. The standard InChI is InChI=1S/C27H38N8O4S2/c1-19-14-20(2)16-32(15-19)9-5-8-28-22(36)17-34-18-31-25-23(26(34)37)24(21(3)40-25)41(38,39)35-12-10-33(11-13-35)27-29-6-4-7-30-27/h4,6-7,18-20H,5,8-17H2,1-3H3,(H,28,36). The highest BCUT2D eigenvalue weighted by Gasteiger charge is 2.34. The molecular formula is C27H38N8O4S2. The molecule has 0 saturated carbocycles. The van der Waals surface area contributed by atoms with Crippen LogP contribution in [-0.4, -0.2) is 95.4 Å². The largest absolute Gasteiger partial charge is 0.354 e. The average Bonchev–Trinajstić information content (AvgIpc) is 3.30. The van der Waals surface area contributed by atoms with Crippen LogP contribution < -0.4 is 15.8 Å². The first-order valence-electron chi connectivity index (χ1n) is 14.1.